The lowest BCUT2D eigenvalue weighted by Crippen LogP contribution is -2.58. The molecule has 2 unspecified atom stereocenters. The molecule has 210 valence electrons. The molecule has 3 aliphatic heterocycles. The highest BCUT2D eigenvalue weighted by Crippen LogP contribution is 2.49. The Labute approximate surface area is 242 Å². The SMILES string of the molecule is CC#Cc1cc2c(c(Cl)c1-c1c(O)cccc1F)OC[C@H]1C3CC(C)(C)N(C(=O)n4cnc(C#N)n4)CC3CN1C2. The first-order chi connectivity index (χ1) is 19.6. The molecule has 3 atom stereocenters. The molecule has 1 amide bonds. The number of likely N-dealkylation sites (tertiary alicyclic amines) is 1. The molecule has 1 aromatic heterocycles. The fourth-order valence-corrected chi connectivity index (χ4v) is 7.06. The number of amides is 1. The van der Waals surface area contributed by atoms with Crippen molar-refractivity contribution in [2.75, 3.05) is 19.7 Å². The van der Waals surface area contributed by atoms with Gasteiger partial charge >= 0.3 is 6.03 Å². The number of benzene rings is 2. The molecule has 0 saturated carbocycles. The second-order valence-electron chi connectivity index (χ2n) is 11.4. The van der Waals surface area contributed by atoms with Gasteiger partial charge in [-0.25, -0.2) is 14.2 Å². The van der Waals surface area contributed by atoms with E-state index in [0.29, 0.717) is 36.6 Å². The first-order valence-electron chi connectivity index (χ1n) is 13.4. The van der Waals surface area contributed by atoms with Gasteiger partial charge in [-0.05, 0) is 57.2 Å². The van der Waals surface area contributed by atoms with Gasteiger partial charge in [0.25, 0.3) is 5.82 Å². The molecule has 9 nitrogen and oxygen atoms in total. The predicted molar refractivity (Wildman–Crippen MR) is 149 cm³/mol. The van der Waals surface area contributed by atoms with Gasteiger partial charge in [0, 0.05) is 47.9 Å². The first-order valence-corrected chi connectivity index (χ1v) is 13.8. The third kappa shape index (κ3) is 4.48. The van der Waals surface area contributed by atoms with Gasteiger partial charge in [0.2, 0.25) is 0 Å². The number of phenolic OH excluding ortho intramolecular Hbond substituents is 1. The molecule has 0 aliphatic carbocycles. The van der Waals surface area contributed by atoms with Crippen molar-refractivity contribution in [3.05, 3.63) is 58.4 Å². The third-order valence-corrected chi connectivity index (χ3v) is 8.87. The molecule has 0 radical (unpaired) electrons. The van der Waals surface area contributed by atoms with Gasteiger partial charge in [0.15, 0.2) is 0 Å². The lowest BCUT2D eigenvalue weighted by atomic mass is 9.75. The van der Waals surface area contributed by atoms with Crippen LogP contribution in [0.4, 0.5) is 9.18 Å². The zero-order valence-electron chi connectivity index (χ0n) is 22.9. The summed E-state index contributed by atoms with van der Waals surface area (Å²) in [5.74, 6) is 6.00. The Morgan fingerprint density at radius 2 is 2.10 bits per heavy atom. The van der Waals surface area contributed by atoms with Gasteiger partial charge in [-0.3, -0.25) is 4.90 Å². The molecule has 1 N–H and O–H groups in total. The molecule has 0 bridgehead atoms. The van der Waals surface area contributed by atoms with Crippen molar-refractivity contribution in [3.63, 3.8) is 0 Å². The third-order valence-electron chi connectivity index (χ3n) is 8.51. The van der Waals surface area contributed by atoms with Crippen molar-refractivity contribution in [1.29, 1.82) is 5.26 Å². The average Bonchev–Trinajstić information content (AvgIpc) is 3.48. The summed E-state index contributed by atoms with van der Waals surface area (Å²) in [6.07, 6.45) is 2.03. The highest BCUT2D eigenvalue weighted by atomic mass is 35.5. The van der Waals surface area contributed by atoms with Crippen LogP contribution in [-0.4, -0.2) is 67.0 Å². The van der Waals surface area contributed by atoms with Crippen LogP contribution < -0.4 is 4.74 Å². The molecule has 2 fully saturated rings. The van der Waals surface area contributed by atoms with Gasteiger partial charge in [0.05, 0.1) is 10.6 Å². The van der Waals surface area contributed by atoms with Crippen molar-refractivity contribution < 1.29 is 19.0 Å². The van der Waals surface area contributed by atoms with Crippen LogP contribution in [0.1, 0.15) is 44.1 Å². The topological polar surface area (TPSA) is 108 Å². The summed E-state index contributed by atoms with van der Waals surface area (Å²) in [6.45, 7) is 8.00. The van der Waals surface area contributed by atoms with Gasteiger partial charge in [-0.2, -0.15) is 9.94 Å². The summed E-state index contributed by atoms with van der Waals surface area (Å²) >= 11 is 6.92. The number of aromatic nitrogens is 3. The van der Waals surface area contributed by atoms with Crippen molar-refractivity contribution in [2.24, 2.45) is 11.8 Å². The van der Waals surface area contributed by atoms with E-state index in [9.17, 15) is 14.3 Å². The van der Waals surface area contributed by atoms with E-state index in [0.717, 1.165) is 23.2 Å². The number of phenols is 1. The van der Waals surface area contributed by atoms with E-state index in [4.69, 9.17) is 21.6 Å². The molecular formula is C30H28ClFN6O3. The van der Waals surface area contributed by atoms with Crippen molar-refractivity contribution in [3.8, 4) is 40.5 Å². The van der Waals surface area contributed by atoms with Gasteiger partial charge in [0.1, 0.15) is 36.3 Å². The molecule has 41 heavy (non-hydrogen) atoms. The number of ether oxygens (including phenoxy) is 1. The van der Waals surface area contributed by atoms with Crippen LogP contribution in [0, 0.1) is 40.8 Å². The van der Waals surface area contributed by atoms with Crippen LogP contribution in [-0.2, 0) is 6.54 Å². The number of carbonyl (C=O) groups is 1. The van der Waals surface area contributed by atoms with Crippen molar-refractivity contribution in [1.82, 2.24) is 24.6 Å². The Balaban J connectivity index is 1.32. The number of hydrogen-bond acceptors (Lipinski definition) is 7. The maximum Gasteiger partial charge on any atom is 0.346 e. The van der Waals surface area contributed by atoms with Crippen LogP contribution in [0.5, 0.6) is 11.5 Å². The second-order valence-corrected chi connectivity index (χ2v) is 11.8. The van der Waals surface area contributed by atoms with Crippen LogP contribution in [0.25, 0.3) is 11.1 Å². The average molecular weight is 575 g/mol. The van der Waals surface area contributed by atoms with E-state index in [1.807, 2.05) is 30.9 Å². The maximum atomic E-state index is 14.9. The monoisotopic (exact) mass is 574 g/mol. The number of rotatable bonds is 1. The Morgan fingerprint density at radius 1 is 1.29 bits per heavy atom. The summed E-state index contributed by atoms with van der Waals surface area (Å²) in [4.78, 5) is 21.4. The summed E-state index contributed by atoms with van der Waals surface area (Å²) < 4.78 is 22.5. The predicted octanol–water partition coefficient (Wildman–Crippen LogP) is 4.65. The van der Waals surface area contributed by atoms with Crippen LogP contribution in [0.15, 0.2) is 30.6 Å². The van der Waals surface area contributed by atoms with E-state index in [1.165, 1.54) is 24.5 Å². The number of nitrogens with zero attached hydrogens (tertiary/aromatic N) is 6. The Hall–Kier alpha value is -4.12. The lowest BCUT2D eigenvalue weighted by molar-refractivity contribution is 0.0392. The van der Waals surface area contributed by atoms with Crippen molar-refractivity contribution >= 4 is 17.6 Å². The molecule has 0 spiro atoms. The van der Waals surface area contributed by atoms with Crippen LogP contribution >= 0.6 is 11.6 Å². The number of nitriles is 1. The number of piperidine rings is 1. The van der Waals surface area contributed by atoms with E-state index in [-0.39, 0.29) is 46.1 Å². The standard InChI is InChI=1S/C30H28ClFN6O3/c1-4-6-17-9-18-12-36-13-19-14-37(29(40)38-16-34-24(11-33)35-38)30(2,3)10-20(19)22(36)15-41-28(18)27(31)25(17)26-21(32)7-5-8-23(26)39/h5,7-9,16,19-20,22,39H,10,12-15H2,1-3H3/t19?,20?,22-/m0/s1. The fraction of sp³-hybridized carbons (Fsp3) is 0.400. The van der Waals surface area contributed by atoms with E-state index >= 15 is 0 Å². The summed E-state index contributed by atoms with van der Waals surface area (Å²) in [7, 11) is 0. The Bertz CT molecular complexity index is 1650. The van der Waals surface area contributed by atoms with Gasteiger partial charge in [-0.15, -0.1) is 11.0 Å². The molecular weight excluding hydrogens is 547 g/mol. The highest BCUT2D eigenvalue weighted by molar-refractivity contribution is 6.35. The Morgan fingerprint density at radius 3 is 2.80 bits per heavy atom. The first kappa shape index (κ1) is 27.1. The molecule has 2 aromatic carbocycles. The summed E-state index contributed by atoms with van der Waals surface area (Å²) in [5, 5.41) is 23.8. The normalized spacial score (nSPS) is 22.7. The van der Waals surface area contributed by atoms with E-state index < -0.39 is 11.4 Å². The summed E-state index contributed by atoms with van der Waals surface area (Å²) in [6, 6.07) is 7.66. The smallest absolute Gasteiger partial charge is 0.346 e. The fourth-order valence-electron chi connectivity index (χ4n) is 6.68. The molecule has 3 aromatic rings. The highest BCUT2D eigenvalue weighted by Gasteiger charge is 2.52. The molecule has 6 rings (SSSR count). The van der Waals surface area contributed by atoms with E-state index in [1.54, 1.807) is 6.92 Å². The zero-order valence-corrected chi connectivity index (χ0v) is 23.6. The largest absolute Gasteiger partial charge is 0.507 e. The van der Waals surface area contributed by atoms with Gasteiger partial charge < -0.3 is 14.7 Å². The zero-order chi connectivity index (χ0) is 29.1. The van der Waals surface area contributed by atoms with Crippen molar-refractivity contribution in [2.45, 2.75) is 45.3 Å². The number of hydrogen-bond donors (Lipinski definition) is 1. The van der Waals surface area contributed by atoms with Gasteiger partial charge in [-0.1, -0.05) is 23.6 Å². The number of carbonyl (C=O) groups excluding carboxylic acids is 1. The van der Waals surface area contributed by atoms with E-state index in [2.05, 4.69) is 26.8 Å². The maximum absolute atomic E-state index is 14.9. The minimum atomic E-state index is -0.596. The van der Waals surface area contributed by atoms with Crippen LogP contribution in [0.2, 0.25) is 5.02 Å². The minimum absolute atomic E-state index is 0.000442. The number of aromatic hydroxyl groups is 1. The number of fused-ring (bicyclic) bond motifs is 4. The minimum Gasteiger partial charge on any atom is -0.507 e. The molecule has 4 heterocycles. The molecule has 3 aliphatic rings. The number of halogens is 2. The molecule has 11 heteroatoms. The molecule has 2 saturated heterocycles. The lowest BCUT2D eigenvalue weighted by Gasteiger charge is -2.47. The Kier molecular flexibility index (Phi) is 6.64. The summed E-state index contributed by atoms with van der Waals surface area (Å²) in [5.41, 5.74) is 1.20. The van der Waals surface area contributed by atoms with Crippen LogP contribution in [0.3, 0.4) is 0 Å². The second kappa shape index (κ2) is 10.1. The quantitative estimate of drug-likeness (QED) is 0.422.